The summed E-state index contributed by atoms with van der Waals surface area (Å²) in [7, 11) is 0. The van der Waals surface area contributed by atoms with E-state index in [9.17, 15) is 14.3 Å². The lowest BCUT2D eigenvalue weighted by Crippen LogP contribution is -2.45. The minimum absolute atomic E-state index is 0.0911. The summed E-state index contributed by atoms with van der Waals surface area (Å²) in [5.74, 6) is -0.841. The summed E-state index contributed by atoms with van der Waals surface area (Å²) in [6.45, 7) is 3.04. The van der Waals surface area contributed by atoms with Gasteiger partial charge < -0.3 is 20.3 Å². The number of hydrogen-bond donors (Lipinski definition) is 3. The van der Waals surface area contributed by atoms with Crippen molar-refractivity contribution in [3.05, 3.63) is 64.4 Å². The summed E-state index contributed by atoms with van der Waals surface area (Å²) >= 11 is 5.86. The molecule has 1 aliphatic heterocycles. The van der Waals surface area contributed by atoms with Gasteiger partial charge in [-0.05, 0) is 49.7 Å². The molecule has 2 aromatic rings. The van der Waals surface area contributed by atoms with Crippen LogP contribution in [0.15, 0.2) is 42.5 Å². The van der Waals surface area contributed by atoms with Crippen molar-refractivity contribution >= 4 is 17.6 Å². The van der Waals surface area contributed by atoms with Gasteiger partial charge in [-0.1, -0.05) is 35.9 Å². The van der Waals surface area contributed by atoms with Crippen molar-refractivity contribution in [3.63, 3.8) is 0 Å². The molecule has 6 nitrogen and oxygen atoms in total. The van der Waals surface area contributed by atoms with Crippen LogP contribution in [0.5, 0.6) is 5.75 Å². The molecule has 31 heavy (non-hydrogen) atoms. The number of aliphatic hydroxyl groups is 1. The first-order valence-corrected chi connectivity index (χ1v) is 10.8. The van der Waals surface area contributed by atoms with Crippen LogP contribution in [0.1, 0.15) is 24.0 Å². The van der Waals surface area contributed by atoms with Gasteiger partial charge in [0.15, 0.2) is 0 Å². The molecule has 1 aliphatic rings. The highest BCUT2D eigenvalue weighted by atomic mass is 35.5. The Hall–Kier alpha value is -2.19. The Kier molecular flexibility index (Phi) is 8.66. The second-order valence-electron chi connectivity index (χ2n) is 7.85. The molecule has 0 aromatic heterocycles. The molecular formula is C23H28ClFN2O4. The van der Waals surface area contributed by atoms with Crippen molar-refractivity contribution in [2.24, 2.45) is 0 Å². The first kappa shape index (κ1) is 23.5. The Morgan fingerprint density at radius 2 is 2.00 bits per heavy atom. The van der Waals surface area contributed by atoms with E-state index < -0.39 is 17.9 Å². The molecule has 0 unspecified atom stereocenters. The van der Waals surface area contributed by atoms with E-state index in [1.165, 1.54) is 6.07 Å². The minimum atomic E-state index is -0.924. The molecule has 1 atom stereocenters. The van der Waals surface area contributed by atoms with Gasteiger partial charge >= 0.3 is 5.97 Å². The molecular weight excluding hydrogens is 423 g/mol. The van der Waals surface area contributed by atoms with E-state index in [1.807, 2.05) is 0 Å². The number of nitrogens with one attached hydrogen (secondary N) is 1. The summed E-state index contributed by atoms with van der Waals surface area (Å²) in [6, 6.07) is 12.1. The zero-order valence-corrected chi connectivity index (χ0v) is 18.0. The van der Waals surface area contributed by atoms with Gasteiger partial charge in [0.05, 0.1) is 11.4 Å². The van der Waals surface area contributed by atoms with E-state index in [0.29, 0.717) is 23.9 Å². The smallest absolute Gasteiger partial charge is 0.307 e. The second-order valence-corrected chi connectivity index (χ2v) is 8.26. The molecule has 1 heterocycles. The lowest BCUT2D eigenvalue weighted by atomic mass is 10.0. The third kappa shape index (κ3) is 7.47. The number of piperidine rings is 1. The fourth-order valence-corrected chi connectivity index (χ4v) is 3.90. The predicted octanol–water partition coefficient (Wildman–Crippen LogP) is 3.10. The van der Waals surface area contributed by atoms with Gasteiger partial charge in [-0.3, -0.25) is 9.69 Å². The number of ether oxygens (including phenoxy) is 1. The number of rotatable bonds is 10. The molecule has 3 rings (SSSR count). The van der Waals surface area contributed by atoms with E-state index in [2.05, 4.69) is 10.2 Å². The third-order valence-electron chi connectivity index (χ3n) is 5.37. The predicted molar refractivity (Wildman–Crippen MR) is 117 cm³/mol. The van der Waals surface area contributed by atoms with Crippen LogP contribution in [-0.2, 0) is 17.8 Å². The molecule has 0 spiro atoms. The van der Waals surface area contributed by atoms with Gasteiger partial charge in [0.2, 0.25) is 0 Å². The number of carboxylic acids is 1. The van der Waals surface area contributed by atoms with Gasteiger partial charge in [0.1, 0.15) is 24.3 Å². The van der Waals surface area contributed by atoms with E-state index in [4.69, 9.17) is 21.4 Å². The summed E-state index contributed by atoms with van der Waals surface area (Å²) in [5, 5.41) is 22.8. The number of benzene rings is 2. The van der Waals surface area contributed by atoms with Gasteiger partial charge in [0, 0.05) is 24.7 Å². The fourth-order valence-electron chi connectivity index (χ4n) is 3.69. The maximum Gasteiger partial charge on any atom is 0.307 e. The van der Waals surface area contributed by atoms with Crippen molar-refractivity contribution in [2.75, 3.05) is 26.2 Å². The summed E-state index contributed by atoms with van der Waals surface area (Å²) in [4.78, 5) is 13.3. The quantitative estimate of drug-likeness (QED) is 0.516. The Morgan fingerprint density at radius 1 is 1.26 bits per heavy atom. The second kappa shape index (κ2) is 11.4. The summed E-state index contributed by atoms with van der Waals surface area (Å²) in [6.07, 6.45) is 1.08. The van der Waals surface area contributed by atoms with Crippen LogP contribution < -0.4 is 10.1 Å². The molecule has 0 radical (unpaired) electrons. The molecule has 0 bridgehead atoms. The topological polar surface area (TPSA) is 82.0 Å². The monoisotopic (exact) mass is 450 g/mol. The number of carbonyl (C=O) groups is 1. The number of hydrogen-bond acceptors (Lipinski definition) is 5. The summed E-state index contributed by atoms with van der Waals surface area (Å²) < 4.78 is 18.9. The van der Waals surface area contributed by atoms with E-state index >= 15 is 0 Å². The van der Waals surface area contributed by atoms with Gasteiger partial charge in [-0.15, -0.1) is 0 Å². The Balaban J connectivity index is 1.37. The number of para-hydroxylation sites is 1. The molecule has 2 aromatic carbocycles. The molecule has 0 aliphatic carbocycles. The van der Waals surface area contributed by atoms with Crippen LogP contribution in [0.4, 0.5) is 4.39 Å². The summed E-state index contributed by atoms with van der Waals surface area (Å²) in [5.41, 5.74) is 1.58. The molecule has 1 fully saturated rings. The highest BCUT2D eigenvalue weighted by Crippen LogP contribution is 2.20. The highest BCUT2D eigenvalue weighted by Gasteiger charge is 2.20. The lowest BCUT2D eigenvalue weighted by Gasteiger charge is -2.33. The Morgan fingerprint density at radius 3 is 2.71 bits per heavy atom. The molecule has 0 saturated carbocycles. The van der Waals surface area contributed by atoms with Crippen molar-refractivity contribution in [3.8, 4) is 5.75 Å². The number of carboxylic acid groups (broad SMARTS) is 1. The van der Waals surface area contributed by atoms with Gasteiger partial charge in [-0.25, -0.2) is 4.39 Å². The average molecular weight is 451 g/mol. The molecule has 8 heteroatoms. The largest absolute Gasteiger partial charge is 0.491 e. The van der Waals surface area contributed by atoms with Crippen molar-refractivity contribution in [2.45, 2.75) is 38.0 Å². The number of aliphatic hydroxyl groups excluding tert-OH is 1. The zero-order chi connectivity index (χ0) is 22.2. The standard InChI is InChI=1S/C23H28ClFN2O4/c24-20-11-16(5-6-21(20)25)14-27-9-7-18(8-10-27)26-13-19(28)15-31-22-4-2-1-3-17(22)12-23(29)30/h1-6,11,18-19,26,28H,7-10,12-15H2,(H,29,30)/t19-/m0/s1. The molecule has 168 valence electrons. The average Bonchev–Trinajstić information content (AvgIpc) is 2.75. The Labute approximate surface area is 186 Å². The molecule has 1 saturated heterocycles. The maximum absolute atomic E-state index is 13.3. The van der Waals surface area contributed by atoms with Crippen LogP contribution in [0.2, 0.25) is 5.02 Å². The van der Waals surface area contributed by atoms with Crippen LogP contribution in [0, 0.1) is 5.82 Å². The van der Waals surface area contributed by atoms with Crippen molar-refractivity contribution in [1.82, 2.24) is 10.2 Å². The number of nitrogens with zero attached hydrogens (tertiary/aromatic N) is 1. The molecule has 0 amide bonds. The highest BCUT2D eigenvalue weighted by molar-refractivity contribution is 6.30. The minimum Gasteiger partial charge on any atom is -0.491 e. The van der Waals surface area contributed by atoms with Gasteiger partial charge in [0.25, 0.3) is 0 Å². The third-order valence-corrected chi connectivity index (χ3v) is 5.66. The lowest BCUT2D eigenvalue weighted by molar-refractivity contribution is -0.136. The zero-order valence-electron chi connectivity index (χ0n) is 17.3. The van der Waals surface area contributed by atoms with Crippen LogP contribution in [-0.4, -0.2) is 59.5 Å². The first-order chi connectivity index (χ1) is 14.9. The van der Waals surface area contributed by atoms with E-state index in [1.54, 1.807) is 36.4 Å². The van der Waals surface area contributed by atoms with Crippen LogP contribution >= 0.6 is 11.6 Å². The van der Waals surface area contributed by atoms with E-state index in [-0.39, 0.29) is 18.1 Å². The number of likely N-dealkylation sites (tertiary alicyclic amines) is 1. The van der Waals surface area contributed by atoms with Crippen molar-refractivity contribution < 1.29 is 24.1 Å². The van der Waals surface area contributed by atoms with Crippen LogP contribution in [0.3, 0.4) is 0 Å². The molecule has 3 N–H and O–H groups in total. The van der Waals surface area contributed by atoms with Crippen LogP contribution in [0.25, 0.3) is 0 Å². The number of halogens is 2. The normalized spacial score (nSPS) is 16.2. The van der Waals surface area contributed by atoms with Crippen molar-refractivity contribution in [1.29, 1.82) is 0 Å². The first-order valence-electron chi connectivity index (χ1n) is 10.4. The Bertz CT molecular complexity index is 874. The maximum atomic E-state index is 13.3. The SMILES string of the molecule is O=C(O)Cc1ccccc1OC[C@@H](O)CNC1CCN(Cc2ccc(F)c(Cl)c2)CC1. The fraction of sp³-hybridized carbons (Fsp3) is 0.435. The van der Waals surface area contributed by atoms with E-state index in [0.717, 1.165) is 38.0 Å². The van der Waals surface area contributed by atoms with Gasteiger partial charge in [-0.2, -0.15) is 0 Å². The number of aliphatic carboxylic acids is 1.